The SMILES string of the molecule is COc1cc2c(cc1OC)C1(CCN(C(=O)CCC(F)(F)F)CC1)OCC2. The van der Waals surface area contributed by atoms with Crippen molar-refractivity contribution in [3.05, 3.63) is 23.3 Å². The molecular weight excluding hydrogens is 363 g/mol. The third-order valence-electron chi connectivity index (χ3n) is 5.40. The maximum Gasteiger partial charge on any atom is 0.389 e. The molecule has 1 fully saturated rings. The van der Waals surface area contributed by atoms with Crippen LogP contribution in [0.3, 0.4) is 0 Å². The topological polar surface area (TPSA) is 48.0 Å². The molecule has 0 bridgehead atoms. The van der Waals surface area contributed by atoms with Gasteiger partial charge in [-0.2, -0.15) is 13.2 Å². The van der Waals surface area contributed by atoms with Crippen LogP contribution in [0.15, 0.2) is 12.1 Å². The number of alkyl halides is 3. The van der Waals surface area contributed by atoms with Gasteiger partial charge in [0.2, 0.25) is 5.91 Å². The molecule has 1 aromatic rings. The van der Waals surface area contributed by atoms with Crippen LogP contribution < -0.4 is 9.47 Å². The third kappa shape index (κ3) is 4.15. The molecule has 2 aliphatic heterocycles. The Morgan fingerprint density at radius 2 is 1.81 bits per heavy atom. The molecule has 0 radical (unpaired) electrons. The first-order valence-corrected chi connectivity index (χ1v) is 9.02. The van der Waals surface area contributed by atoms with E-state index in [1.54, 1.807) is 14.2 Å². The van der Waals surface area contributed by atoms with Crippen LogP contribution in [0.2, 0.25) is 0 Å². The molecule has 2 aliphatic rings. The number of carbonyl (C=O) groups excluding carboxylic acids is 1. The number of halogens is 3. The van der Waals surface area contributed by atoms with E-state index in [1.165, 1.54) is 4.90 Å². The number of ether oxygens (including phenoxy) is 3. The zero-order valence-electron chi connectivity index (χ0n) is 15.5. The lowest BCUT2D eigenvalue weighted by molar-refractivity contribution is -0.153. The Morgan fingerprint density at radius 1 is 1.19 bits per heavy atom. The predicted molar refractivity (Wildman–Crippen MR) is 92.0 cm³/mol. The molecule has 8 heteroatoms. The highest BCUT2D eigenvalue weighted by Crippen LogP contribution is 2.45. The lowest BCUT2D eigenvalue weighted by Gasteiger charge is -2.45. The Kier molecular flexibility index (Phi) is 5.55. The maximum atomic E-state index is 12.4. The molecule has 1 saturated heterocycles. The van der Waals surface area contributed by atoms with Crippen LogP contribution in [-0.4, -0.2) is 50.9 Å². The fourth-order valence-corrected chi connectivity index (χ4v) is 3.92. The van der Waals surface area contributed by atoms with Crippen LogP contribution in [0.25, 0.3) is 0 Å². The first-order chi connectivity index (χ1) is 12.8. The summed E-state index contributed by atoms with van der Waals surface area (Å²) >= 11 is 0. The predicted octanol–water partition coefficient (Wildman–Crippen LogP) is 3.44. The van der Waals surface area contributed by atoms with E-state index in [1.807, 2.05) is 12.1 Å². The maximum absolute atomic E-state index is 12.4. The van der Waals surface area contributed by atoms with E-state index in [0.717, 1.165) is 17.5 Å². The van der Waals surface area contributed by atoms with E-state index in [0.29, 0.717) is 44.0 Å². The minimum Gasteiger partial charge on any atom is -0.493 e. The number of hydrogen-bond acceptors (Lipinski definition) is 4. The Bertz CT molecular complexity index is 697. The lowest BCUT2D eigenvalue weighted by atomic mass is 9.79. The summed E-state index contributed by atoms with van der Waals surface area (Å²) in [4.78, 5) is 13.6. The Balaban J connectivity index is 1.74. The summed E-state index contributed by atoms with van der Waals surface area (Å²) in [7, 11) is 3.16. The zero-order valence-corrected chi connectivity index (χ0v) is 15.5. The minimum absolute atomic E-state index is 0.379. The van der Waals surface area contributed by atoms with Crippen molar-refractivity contribution < 1.29 is 32.2 Å². The van der Waals surface area contributed by atoms with E-state index < -0.39 is 30.5 Å². The van der Waals surface area contributed by atoms with Gasteiger partial charge in [-0.3, -0.25) is 4.79 Å². The molecule has 27 heavy (non-hydrogen) atoms. The second-order valence-corrected chi connectivity index (χ2v) is 6.95. The highest BCUT2D eigenvalue weighted by molar-refractivity contribution is 5.76. The quantitative estimate of drug-likeness (QED) is 0.794. The second-order valence-electron chi connectivity index (χ2n) is 6.95. The van der Waals surface area contributed by atoms with E-state index in [9.17, 15) is 18.0 Å². The molecule has 5 nitrogen and oxygen atoms in total. The molecule has 3 rings (SSSR count). The van der Waals surface area contributed by atoms with Crippen LogP contribution in [0.1, 0.15) is 36.8 Å². The van der Waals surface area contributed by atoms with Gasteiger partial charge in [-0.15, -0.1) is 0 Å². The number of likely N-dealkylation sites (tertiary alicyclic amines) is 1. The minimum atomic E-state index is -4.31. The molecule has 150 valence electrons. The third-order valence-corrected chi connectivity index (χ3v) is 5.40. The van der Waals surface area contributed by atoms with Gasteiger partial charge in [-0.05, 0) is 42.5 Å². The van der Waals surface area contributed by atoms with Gasteiger partial charge in [0.15, 0.2) is 11.5 Å². The van der Waals surface area contributed by atoms with Gasteiger partial charge < -0.3 is 19.1 Å². The number of rotatable bonds is 4. The Morgan fingerprint density at radius 3 is 2.41 bits per heavy atom. The van der Waals surface area contributed by atoms with Gasteiger partial charge in [0, 0.05) is 19.5 Å². The average Bonchev–Trinajstić information content (AvgIpc) is 2.65. The summed E-state index contributed by atoms with van der Waals surface area (Å²) in [6.45, 7) is 1.32. The zero-order chi connectivity index (χ0) is 19.7. The Hall–Kier alpha value is -1.96. The van der Waals surface area contributed by atoms with Crippen molar-refractivity contribution in [3.8, 4) is 11.5 Å². The van der Waals surface area contributed by atoms with Crippen molar-refractivity contribution in [1.29, 1.82) is 0 Å². The van der Waals surface area contributed by atoms with Gasteiger partial charge in [0.25, 0.3) is 0 Å². The summed E-state index contributed by atoms with van der Waals surface area (Å²) in [5.74, 6) is 0.823. The molecule has 1 aromatic carbocycles. The van der Waals surface area contributed by atoms with E-state index in [4.69, 9.17) is 14.2 Å². The number of methoxy groups -OCH3 is 2. The second kappa shape index (κ2) is 7.58. The molecule has 0 unspecified atom stereocenters. The fourth-order valence-electron chi connectivity index (χ4n) is 3.92. The van der Waals surface area contributed by atoms with Crippen LogP contribution in [-0.2, 0) is 21.6 Å². The van der Waals surface area contributed by atoms with Crippen LogP contribution in [0, 0.1) is 0 Å². The Labute approximate surface area is 156 Å². The molecule has 1 amide bonds. The molecule has 0 N–H and O–H groups in total. The molecule has 1 spiro atoms. The van der Waals surface area contributed by atoms with E-state index in [-0.39, 0.29) is 0 Å². The van der Waals surface area contributed by atoms with Crippen molar-refractivity contribution in [1.82, 2.24) is 4.90 Å². The van der Waals surface area contributed by atoms with Crippen LogP contribution in [0.5, 0.6) is 11.5 Å². The number of carbonyl (C=O) groups is 1. The van der Waals surface area contributed by atoms with Crippen molar-refractivity contribution in [2.45, 2.75) is 43.9 Å². The summed E-state index contributed by atoms with van der Waals surface area (Å²) in [6, 6.07) is 3.88. The number of hydrogen-bond donors (Lipinski definition) is 0. The van der Waals surface area contributed by atoms with Gasteiger partial charge in [-0.25, -0.2) is 0 Å². The lowest BCUT2D eigenvalue weighted by Crippen LogP contribution is -2.48. The highest BCUT2D eigenvalue weighted by atomic mass is 19.4. The molecule has 0 saturated carbocycles. The molecule has 0 aromatic heterocycles. The first-order valence-electron chi connectivity index (χ1n) is 9.02. The average molecular weight is 387 g/mol. The van der Waals surface area contributed by atoms with Gasteiger partial charge >= 0.3 is 6.18 Å². The largest absolute Gasteiger partial charge is 0.493 e. The number of fused-ring (bicyclic) bond motifs is 2. The number of nitrogens with zero attached hydrogens (tertiary/aromatic N) is 1. The van der Waals surface area contributed by atoms with Crippen molar-refractivity contribution >= 4 is 5.91 Å². The fraction of sp³-hybridized carbons (Fsp3) is 0.632. The van der Waals surface area contributed by atoms with E-state index in [2.05, 4.69) is 0 Å². The standard InChI is InChI=1S/C19H24F3NO4/c1-25-15-11-13-4-10-27-18(14(13)12-16(15)26-2)6-8-23(9-7-18)17(24)3-5-19(20,21)22/h11-12H,3-10H2,1-2H3. The molecule has 2 heterocycles. The summed E-state index contributed by atoms with van der Waals surface area (Å²) < 4.78 is 54.0. The molecule has 0 aliphatic carbocycles. The van der Waals surface area contributed by atoms with Crippen LogP contribution in [0.4, 0.5) is 13.2 Å². The van der Waals surface area contributed by atoms with Gasteiger partial charge in [-0.1, -0.05) is 0 Å². The highest BCUT2D eigenvalue weighted by Gasteiger charge is 2.42. The first kappa shape index (κ1) is 19.8. The summed E-state index contributed by atoms with van der Waals surface area (Å²) in [6.07, 6.45) is -4.04. The van der Waals surface area contributed by atoms with Crippen LogP contribution >= 0.6 is 0 Å². The number of piperidine rings is 1. The van der Waals surface area contributed by atoms with Crippen molar-refractivity contribution in [2.75, 3.05) is 33.9 Å². The van der Waals surface area contributed by atoms with E-state index >= 15 is 0 Å². The smallest absolute Gasteiger partial charge is 0.389 e. The van der Waals surface area contributed by atoms with Crippen molar-refractivity contribution in [3.63, 3.8) is 0 Å². The van der Waals surface area contributed by atoms with Gasteiger partial charge in [0.05, 0.1) is 32.8 Å². The normalized spacial score (nSPS) is 18.9. The summed E-state index contributed by atoms with van der Waals surface area (Å²) in [5, 5.41) is 0. The number of amides is 1. The van der Waals surface area contributed by atoms with Gasteiger partial charge in [0.1, 0.15) is 0 Å². The number of benzene rings is 1. The summed E-state index contributed by atoms with van der Waals surface area (Å²) in [5.41, 5.74) is 1.61. The van der Waals surface area contributed by atoms with Crippen molar-refractivity contribution in [2.24, 2.45) is 0 Å². The molecule has 0 atom stereocenters. The molecular formula is C19H24F3NO4. The monoisotopic (exact) mass is 387 g/mol.